The van der Waals surface area contributed by atoms with Gasteiger partial charge in [0.2, 0.25) is 5.95 Å². The Balaban J connectivity index is 1.80. The molecular weight excluding hydrogens is 264 g/mol. The van der Waals surface area contributed by atoms with Crippen LogP contribution in [0.1, 0.15) is 5.56 Å². The number of hydrogen-bond acceptors (Lipinski definition) is 4. The van der Waals surface area contributed by atoms with Crippen LogP contribution in [0.5, 0.6) is 5.75 Å². The lowest BCUT2D eigenvalue weighted by molar-refractivity contribution is 0.301. The summed E-state index contributed by atoms with van der Waals surface area (Å²) in [6, 6.07) is 17.1. The van der Waals surface area contributed by atoms with Crippen molar-refractivity contribution < 1.29 is 4.74 Å². The number of para-hydroxylation sites is 1. The first kappa shape index (κ1) is 13.0. The van der Waals surface area contributed by atoms with Crippen molar-refractivity contribution in [1.82, 2.24) is 9.55 Å². The standard InChI is InChI=1S/C16H14N4O/c17-11-12-6-7-14-15(10-12)20(16(18)19-14)8-9-21-13-4-2-1-3-5-13/h1-7,10H,8-9H2,(H2,18,19). The lowest BCUT2D eigenvalue weighted by Crippen LogP contribution is -2.10. The number of benzene rings is 2. The van der Waals surface area contributed by atoms with Crippen LogP contribution >= 0.6 is 0 Å². The molecule has 5 nitrogen and oxygen atoms in total. The third-order valence-electron chi connectivity index (χ3n) is 3.23. The summed E-state index contributed by atoms with van der Waals surface area (Å²) in [5, 5.41) is 8.98. The minimum atomic E-state index is 0.428. The van der Waals surface area contributed by atoms with Gasteiger partial charge >= 0.3 is 0 Å². The third-order valence-corrected chi connectivity index (χ3v) is 3.23. The Kier molecular flexibility index (Phi) is 3.44. The number of nitrogens with zero attached hydrogens (tertiary/aromatic N) is 3. The molecule has 21 heavy (non-hydrogen) atoms. The second-order valence-corrected chi connectivity index (χ2v) is 4.60. The average Bonchev–Trinajstić information content (AvgIpc) is 2.83. The molecule has 0 radical (unpaired) electrons. The van der Waals surface area contributed by atoms with E-state index in [1.807, 2.05) is 34.9 Å². The molecule has 3 aromatic rings. The van der Waals surface area contributed by atoms with Crippen LogP contribution in [0.25, 0.3) is 11.0 Å². The Morgan fingerprint density at radius 3 is 2.76 bits per heavy atom. The molecule has 2 aromatic carbocycles. The van der Waals surface area contributed by atoms with E-state index in [0.717, 1.165) is 16.8 Å². The summed E-state index contributed by atoms with van der Waals surface area (Å²) >= 11 is 0. The van der Waals surface area contributed by atoms with Crippen molar-refractivity contribution in [2.24, 2.45) is 0 Å². The highest BCUT2D eigenvalue weighted by molar-refractivity contribution is 5.79. The normalized spacial score (nSPS) is 10.4. The van der Waals surface area contributed by atoms with Gasteiger partial charge in [-0.25, -0.2) is 4.98 Å². The SMILES string of the molecule is N#Cc1ccc2nc(N)n(CCOc3ccccc3)c2c1. The van der Waals surface area contributed by atoms with Crippen LogP contribution in [0.15, 0.2) is 48.5 Å². The third kappa shape index (κ3) is 2.65. The molecule has 0 unspecified atom stereocenters. The van der Waals surface area contributed by atoms with Gasteiger partial charge in [-0.05, 0) is 30.3 Å². The van der Waals surface area contributed by atoms with Gasteiger partial charge in [-0.15, -0.1) is 0 Å². The predicted molar refractivity (Wildman–Crippen MR) is 80.8 cm³/mol. The van der Waals surface area contributed by atoms with Crippen LogP contribution in [0.2, 0.25) is 0 Å². The Bertz CT molecular complexity index is 802. The highest BCUT2D eigenvalue weighted by atomic mass is 16.5. The minimum Gasteiger partial charge on any atom is -0.492 e. The lowest BCUT2D eigenvalue weighted by Gasteiger charge is -2.08. The molecule has 0 atom stereocenters. The Morgan fingerprint density at radius 1 is 1.19 bits per heavy atom. The van der Waals surface area contributed by atoms with Crippen molar-refractivity contribution in [2.45, 2.75) is 6.54 Å². The summed E-state index contributed by atoms with van der Waals surface area (Å²) < 4.78 is 7.53. The zero-order valence-electron chi connectivity index (χ0n) is 11.4. The highest BCUT2D eigenvalue weighted by Crippen LogP contribution is 2.19. The van der Waals surface area contributed by atoms with Crippen LogP contribution in [-0.2, 0) is 6.54 Å². The van der Waals surface area contributed by atoms with Crippen molar-refractivity contribution in [1.29, 1.82) is 5.26 Å². The van der Waals surface area contributed by atoms with Gasteiger partial charge in [0.25, 0.3) is 0 Å². The fraction of sp³-hybridized carbons (Fsp3) is 0.125. The maximum Gasteiger partial charge on any atom is 0.201 e. The Morgan fingerprint density at radius 2 is 2.00 bits per heavy atom. The summed E-state index contributed by atoms with van der Waals surface area (Å²) in [4.78, 5) is 4.29. The molecule has 3 rings (SSSR count). The molecule has 104 valence electrons. The van der Waals surface area contributed by atoms with Gasteiger partial charge in [0.05, 0.1) is 29.2 Å². The van der Waals surface area contributed by atoms with Gasteiger partial charge in [0, 0.05) is 0 Å². The molecule has 0 bridgehead atoms. The number of aromatic nitrogens is 2. The van der Waals surface area contributed by atoms with Crippen molar-refractivity contribution in [3.8, 4) is 11.8 Å². The minimum absolute atomic E-state index is 0.428. The molecule has 0 saturated heterocycles. The zero-order valence-corrected chi connectivity index (χ0v) is 11.4. The van der Waals surface area contributed by atoms with E-state index in [1.54, 1.807) is 18.2 Å². The predicted octanol–water partition coefficient (Wildman–Crippen LogP) is 2.57. The number of nitriles is 1. The Labute approximate surface area is 122 Å². The first-order valence-corrected chi connectivity index (χ1v) is 6.61. The number of nitrogen functional groups attached to an aromatic ring is 1. The molecule has 0 fully saturated rings. The van der Waals surface area contributed by atoms with Gasteiger partial charge in [-0.3, -0.25) is 0 Å². The van der Waals surface area contributed by atoms with E-state index in [2.05, 4.69) is 11.1 Å². The maximum atomic E-state index is 8.98. The number of nitrogens with two attached hydrogens (primary N) is 1. The largest absolute Gasteiger partial charge is 0.492 e. The molecule has 2 N–H and O–H groups in total. The monoisotopic (exact) mass is 278 g/mol. The van der Waals surface area contributed by atoms with Crippen LogP contribution in [0.4, 0.5) is 5.95 Å². The molecule has 1 heterocycles. The molecule has 0 spiro atoms. The van der Waals surface area contributed by atoms with E-state index in [-0.39, 0.29) is 0 Å². The molecule has 0 amide bonds. The van der Waals surface area contributed by atoms with Gasteiger partial charge in [0.15, 0.2) is 0 Å². The lowest BCUT2D eigenvalue weighted by atomic mass is 10.2. The van der Waals surface area contributed by atoms with E-state index in [1.165, 1.54) is 0 Å². The summed E-state index contributed by atoms with van der Waals surface area (Å²) in [5.41, 5.74) is 8.16. The van der Waals surface area contributed by atoms with Crippen LogP contribution in [0.3, 0.4) is 0 Å². The topological polar surface area (TPSA) is 76.9 Å². The van der Waals surface area contributed by atoms with Crippen LogP contribution < -0.4 is 10.5 Å². The second-order valence-electron chi connectivity index (χ2n) is 4.60. The number of fused-ring (bicyclic) bond motifs is 1. The summed E-state index contributed by atoms with van der Waals surface area (Å²) in [6.07, 6.45) is 0. The van der Waals surface area contributed by atoms with E-state index in [0.29, 0.717) is 24.7 Å². The highest BCUT2D eigenvalue weighted by Gasteiger charge is 2.08. The second kappa shape index (κ2) is 5.55. The molecular formula is C16H14N4O. The van der Waals surface area contributed by atoms with Crippen molar-refractivity contribution in [3.63, 3.8) is 0 Å². The molecule has 1 aromatic heterocycles. The van der Waals surface area contributed by atoms with Gasteiger partial charge in [0.1, 0.15) is 12.4 Å². The van der Waals surface area contributed by atoms with Crippen molar-refractivity contribution >= 4 is 17.0 Å². The smallest absolute Gasteiger partial charge is 0.201 e. The van der Waals surface area contributed by atoms with E-state index < -0.39 is 0 Å². The number of hydrogen-bond donors (Lipinski definition) is 1. The van der Waals surface area contributed by atoms with Crippen molar-refractivity contribution in [3.05, 3.63) is 54.1 Å². The number of ether oxygens (including phenoxy) is 1. The average molecular weight is 278 g/mol. The van der Waals surface area contributed by atoms with E-state index in [4.69, 9.17) is 15.7 Å². The van der Waals surface area contributed by atoms with Crippen molar-refractivity contribution in [2.75, 3.05) is 12.3 Å². The molecule has 5 heteroatoms. The molecule has 0 aliphatic carbocycles. The fourth-order valence-corrected chi connectivity index (χ4v) is 2.22. The molecule has 0 saturated carbocycles. The number of rotatable bonds is 4. The van der Waals surface area contributed by atoms with E-state index >= 15 is 0 Å². The zero-order chi connectivity index (χ0) is 14.7. The van der Waals surface area contributed by atoms with Gasteiger partial charge < -0.3 is 15.0 Å². The Hall–Kier alpha value is -3.00. The number of imidazole rings is 1. The molecule has 0 aliphatic heterocycles. The fourth-order valence-electron chi connectivity index (χ4n) is 2.22. The number of anilines is 1. The van der Waals surface area contributed by atoms with Crippen LogP contribution in [-0.4, -0.2) is 16.2 Å². The first-order valence-electron chi connectivity index (χ1n) is 6.61. The van der Waals surface area contributed by atoms with Gasteiger partial charge in [-0.2, -0.15) is 5.26 Å². The molecule has 0 aliphatic rings. The summed E-state index contributed by atoms with van der Waals surface area (Å²) in [7, 11) is 0. The summed E-state index contributed by atoms with van der Waals surface area (Å²) in [5.74, 6) is 1.25. The van der Waals surface area contributed by atoms with Gasteiger partial charge in [-0.1, -0.05) is 18.2 Å². The van der Waals surface area contributed by atoms with Crippen LogP contribution in [0, 0.1) is 11.3 Å². The summed E-state index contributed by atoms with van der Waals surface area (Å²) in [6.45, 7) is 1.06. The maximum absolute atomic E-state index is 8.98. The quantitative estimate of drug-likeness (QED) is 0.795. The first-order chi connectivity index (χ1) is 10.3. The van der Waals surface area contributed by atoms with E-state index in [9.17, 15) is 0 Å².